The summed E-state index contributed by atoms with van der Waals surface area (Å²) in [6.45, 7) is 3.63. The molecule has 0 unspecified atom stereocenters. The molecule has 9 heteroatoms. The molecule has 0 aliphatic heterocycles. The van der Waals surface area contributed by atoms with E-state index in [2.05, 4.69) is 10.2 Å². The van der Waals surface area contributed by atoms with E-state index in [0.29, 0.717) is 18.7 Å². The lowest BCUT2D eigenvalue weighted by atomic mass is 10.1. The molecule has 1 amide bonds. The van der Waals surface area contributed by atoms with Crippen LogP contribution in [-0.4, -0.2) is 42.3 Å². The molecule has 3 rings (SSSR count). The highest BCUT2D eigenvalue weighted by Crippen LogP contribution is 2.12. The fourth-order valence-electron chi connectivity index (χ4n) is 2.67. The molecule has 0 bridgehead atoms. The highest BCUT2D eigenvalue weighted by atomic mass is 16.6. The lowest BCUT2D eigenvalue weighted by Crippen LogP contribution is -2.26. The Balaban J connectivity index is 1.62. The number of hydrogen-bond donors (Lipinski definition) is 0. The average molecular weight is 368 g/mol. The highest BCUT2D eigenvalue weighted by molar-refractivity contribution is 5.94. The zero-order valence-electron chi connectivity index (χ0n) is 15.1. The Kier molecular flexibility index (Phi) is 5.30. The summed E-state index contributed by atoms with van der Waals surface area (Å²) >= 11 is 0. The van der Waals surface area contributed by atoms with Gasteiger partial charge < -0.3 is 4.90 Å². The van der Waals surface area contributed by atoms with Crippen LogP contribution in [0.2, 0.25) is 0 Å². The first-order valence-corrected chi connectivity index (χ1v) is 8.50. The number of nitrogens with zero attached hydrogens (tertiary/aromatic N) is 6. The fraction of sp³-hybridized carbons (Fsp3) is 0.278. The van der Waals surface area contributed by atoms with Crippen molar-refractivity contribution in [1.29, 1.82) is 0 Å². The minimum atomic E-state index is -0.481. The van der Waals surface area contributed by atoms with E-state index in [0.717, 1.165) is 17.8 Å². The minimum Gasteiger partial charge on any atom is -0.336 e. The summed E-state index contributed by atoms with van der Waals surface area (Å²) in [5.74, 6) is -0.0951. The molecule has 2 aromatic heterocycles. The first-order chi connectivity index (χ1) is 13.0. The number of benzene rings is 1. The summed E-state index contributed by atoms with van der Waals surface area (Å²) in [7, 11) is 1.74. The van der Waals surface area contributed by atoms with Crippen molar-refractivity contribution in [2.45, 2.75) is 26.6 Å². The quantitative estimate of drug-likeness (QED) is 0.471. The SMILES string of the molecule is CCn1ccc(CN(C)C(=O)c2ccc(Cn3cc([N+](=O)[O-])cn3)cc2)n1. The van der Waals surface area contributed by atoms with Gasteiger partial charge in [-0.2, -0.15) is 10.2 Å². The van der Waals surface area contributed by atoms with Gasteiger partial charge in [0, 0.05) is 25.4 Å². The van der Waals surface area contributed by atoms with Crippen LogP contribution >= 0.6 is 0 Å². The molecule has 2 heterocycles. The standard InChI is InChI=1S/C18H20N6O3/c1-3-22-9-8-16(20-22)12-21(2)18(25)15-6-4-14(5-7-15)11-23-13-17(10-19-23)24(26)27/h4-10,13H,3,11-12H2,1-2H3. The van der Waals surface area contributed by atoms with Gasteiger partial charge in [0.05, 0.1) is 23.7 Å². The molecular weight excluding hydrogens is 348 g/mol. The van der Waals surface area contributed by atoms with Crippen LogP contribution in [0.4, 0.5) is 5.69 Å². The van der Waals surface area contributed by atoms with Crippen molar-refractivity contribution in [3.05, 3.63) is 75.9 Å². The second kappa shape index (κ2) is 7.81. The molecule has 0 aliphatic rings. The van der Waals surface area contributed by atoms with Crippen molar-refractivity contribution >= 4 is 11.6 Å². The van der Waals surface area contributed by atoms with Gasteiger partial charge in [-0.05, 0) is 30.7 Å². The fourth-order valence-corrected chi connectivity index (χ4v) is 2.67. The number of amides is 1. The van der Waals surface area contributed by atoms with Crippen LogP contribution in [0, 0.1) is 10.1 Å². The molecule has 0 fully saturated rings. The number of nitro groups is 1. The highest BCUT2D eigenvalue weighted by Gasteiger charge is 2.14. The van der Waals surface area contributed by atoms with E-state index in [4.69, 9.17) is 0 Å². The smallest absolute Gasteiger partial charge is 0.307 e. The number of carbonyl (C=O) groups excluding carboxylic acids is 1. The van der Waals surface area contributed by atoms with Crippen molar-refractivity contribution in [3.8, 4) is 0 Å². The van der Waals surface area contributed by atoms with Gasteiger partial charge >= 0.3 is 5.69 Å². The molecule has 0 aliphatic carbocycles. The minimum absolute atomic E-state index is 0.0473. The molecule has 9 nitrogen and oxygen atoms in total. The normalized spacial score (nSPS) is 10.7. The van der Waals surface area contributed by atoms with E-state index < -0.39 is 4.92 Å². The molecule has 0 spiro atoms. The molecule has 0 atom stereocenters. The van der Waals surface area contributed by atoms with Gasteiger partial charge in [0.25, 0.3) is 5.91 Å². The number of hydrogen-bond acceptors (Lipinski definition) is 5. The maximum Gasteiger partial charge on any atom is 0.307 e. The van der Waals surface area contributed by atoms with Crippen LogP contribution in [0.5, 0.6) is 0 Å². The van der Waals surface area contributed by atoms with Gasteiger partial charge in [-0.1, -0.05) is 12.1 Å². The first-order valence-electron chi connectivity index (χ1n) is 8.50. The lowest BCUT2D eigenvalue weighted by Gasteiger charge is -2.16. The van der Waals surface area contributed by atoms with E-state index >= 15 is 0 Å². The van der Waals surface area contributed by atoms with Gasteiger partial charge in [-0.25, -0.2) is 0 Å². The van der Waals surface area contributed by atoms with Crippen molar-refractivity contribution in [2.75, 3.05) is 7.05 Å². The van der Waals surface area contributed by atoms with E-state index in [1.165, 1.54) is 17.1 Å². The summed E-state index contributed by atoms with van der Waals surface area (Å²) in [5, 5.41) is 19.1. The topological polar surface area (TPSA) is 99.1 Å². The third-order valence-electron chi connectivity index (χ3n) is 4.14. The Bertz CT molecular complexity index is 944. The van der Waals surface area contributed by atoms with Crippen LogP contribution < -0.4 is 0 Å². The van der Waals surface area contributed by atoms with Gasteiger partial charge in [0.15, 0.2) is 0 Å². The lowest BCUT2D eigenvalue weighted by molar-refractivity contribution is -0.385. The Morgan fingerprint density at radius 2 is 1.96 bits per heavy atom. The maximum atomic E-state index is 12.6. The van der Waals surface area contributed by atoms with Gasteiger partial charge in [-0.15, -0.1) is 0 Å². The third-order valence-corrected chi connectivity index (χ3v) is 4.14. The molecule has 1 aromatic carbocycles. The van der Waals surface area contributed by atoms with Crippen LogP contribution in [0.15, 0.2) is 48.9 Å². The second-order valence-corrected chi connectivity index (χ2v) is 6.17. The summed E-state index contributed by atoms with van der Waals surface area (Å²) in [5.41, 5.74) is 2.26. The second-order valence-electron chi connectivity index (χ2n) is 6.17. The molecule has 27 heavy (non-hydrogen) atoms. The maximum absolute atomic E-state index is 12.6. The van der Waals surface area contributed by atoms with Gasteiger partial charge in [0.1, 0.15) is 12.4 Å². The molecular formula is C18H20N6O3. The Morgan fingerprint density at radius 1 is 1.22 bits per heavy atom. The van der Waals surface area contributed by atoms with Crippen LogP contribution in [0.1, 0.15) is 28.5 Å². The van der Waals surface area contributed by atoms with Crippen molar-refractivity contribution in [1.82, 2.24) is 24.5 Å². The number of carbonyl (C=O) groups is 1. The largest absolute Gasteiger partial charge is 0.336 e. The van der Waals surface area contributed by atoms with Crippen molar-refractivity contribution < 1.29 is 9.72 Å². The molecule has 0 saturated carbocycles. The summed E-state index contributed by atoms with van der Waals surface area (Å²) in [6, 6.07) is 9.04. The summed E-state index contributed by atoms with van der Waals surface area (Å²) in [6.07, 6.45) is 4.48. The van der Waals surface area contributed by atoms with E-state index in [1.807, 2.05) is 36.0 Å². The number of rotatable bonds is 7. The van der Waals surface area contributed by atoms with Gasteiger partial charge in [0.2, 0.25) is 0 Å². The molecule has 0 saturated heterocycles. The third kappa shape index (κ3) is 4.38. The summed E-state index contributed by atoms with van der Waals surface area (Å²) in [4.78, 5) is 24.4. The monoisotopic (exact) mass is 368 g/mol. The van der Waals surface area contributed by atoms with Crippen LogP contribution in [0.25, 0.3) is 0 Å². The van der Waals surface area contributed by atoms with Crippen molar-refractivity contribution in [2.24, 2.45) is 0 Å². The van der Waals surface area contributed by atoms with E-state index in [-0.39, 0.29) is 11.6 Å². The molecule has 3 aromatic rings. The zero-order chi connectivity index (χ0) is 19.4. The van der Waals surface area contributed by atoms with E-state index in [1.54, 1.807) is 24.1 Å². The number of aryl methyl sites for hydroxylation is 1. The Morgan fingerprint density at radius 3 is 2.56 bits per heavy atom. The predicted molar refractivity (Wildman–Crippen MR) is 98.1 cm³/mol. The molecule has 140 valence electrons. The van der Waals surface area contributed by atoms with Crippen LogP contribution in [0.3, 0.4) is 0 Å². The van der Waals surface area contributed by atoms with Gasteiger partial charge in [-0.3, -0.25) is 24.3 Å². The first kappa shape index (κ1) is 18.3. The summed E-state index contributed by atoms with van der Waals surface area (Å²) < 4.78 is 3.31. The van der Waals surface area contributed by atoms with Crippen molar-refractivity contribution in [3.63, 3.8) is 0 Å². The predicted octanol–water partition coefficient (Wildman–Crippen LogP) is 2.33. The van der Waals surface area contributed by atoms with Crippen LogP contribution in [-0.2, 0) is 19.6 Å². The zero-order valence-corrected chi connectivity index (χ0v) is 15.1. The van der Waals surface area contributed by atoms with E-state index in [9.17, 15) is 14.9 Å². The molecule has 0 radical (unpaired) electrons. The Labute approximate surface area is 156 Å². The molecule has 0 N–H and O–H groups in total. The number of aromatic nitrogens is 4. The average Bonchev–Trinajstić information content (AvgIpc) is 3.31. The Hall–Kier alpha value is -3.49.